The van der Waals surface area contributed by atoms with Crippen molar-refractivity contribution in [1.29, 1.82) is 0 Å². The summed E-state index contributed by atoms with van der Waals surface area (Å²) in [6.07, 6.45) is 2.09. The van der Waals surface area contributed by atoms with Crippen molar-refractivity contribution < 1.29 is 12.8 Å². The van der Waals surface area contributed by atoms with Gasteiger partial charge in [0.15, 0.2) is 0 Å². The summed E-state index contributed by atoms with van der Waals surface area (Å²) in [7, 11) is -3.83. The molecule has 0 spiro atoms. The van der Waals surface area contributed by atoms with E-state index in [0.29, 0.717) is 0 Å². The standard InChI is InChI=1S/C14H16FN3O2S/c15-13-8-14(10-17-9-13)21(19,20)18(7-6-16)11-12-4-2-1-3-5-12/h1-5,8-10H,6-7,11,16H2. The SMILES string of the molecule is NCCN(Cc1ccccc1)S(=O)(=O)c1cncc(F)c1. The van der Waals surface area contributed by atoms with E-state index in [-0.39, 0.29) is 24.5 Å². The molecule has 0 aliphatic heterocycles. The molecule has 2 aromatic rings. The van der Waals surface area contributed by atoms with Crippen molar-refractivity contribution in [3.05, 3.63) is 60.2 Å². The molecule has 2 rings (SSSR count). The van der Waals surface area contributed by atoms with Crippen molar-refractivity contribution >= 4 is 10.0 Å². The highest BCUT2D eigenvalue weighted by atomic mass is 32.2. The fraction of sp³-hybridized carbons (Fsp3) is 0.214. The molecular weight excluding hydrogens is 293 g/mol. The number of rotatable bonds is 6. The number of nitrogens with zero attached hydrogens (tertiary/aromatic N) is 2. The van der Waals surface area contributed by atoms with Gasteiger partial charge in [0.05, 0.1) is 6.20 Å². The van der Waals surface area contributed by atoms with Crippen molar-refractivity contribution in [1.82, 2.24) is 9.29 Å². The lowest BCUT2D eigenvalue weighted by Crippen LogP contribution is -2.35. The van der Waals surface area contributed by atoms with Gasteiger partial charge in [-0.1, -0.05) is 30.3 Å². The summed E-state index contributed by atoms with van der Waals surface area (Å²) in [5.41, 5.74) is 6.32. The van der Waals surface area contributed by atoms with Gasteiger partial charge in [-0.25, -0.2) is 12.8 Å². The Hall–Kier alpha value is -1.83. The molecule has 0 aliphatic rings. The van der Waals surface area contributed by atoms with Crippen LogP contribution < -0.4 is 5.73 Å². The second-order valence-corrected chi connectivity index (χ2v) is 6.39. The summed E-state index contributed by atoms with van der Waals surface area (Å²) in [6, 6.07) is 10.1. The summed E-state index contributed by atoms with van der Waals surface area (Å²) in [4.78, 5) is 3.41. The average molecular weight is 309 g/mol. The third kappa shape index (κ3) is 3.84. The Labute approximate surface area is 123 Å². The van der Waals surface area contributed by atoms with Crippen LogP contribution in [0.15, 0.2) is 53.7 Å². The Balaban J connectivity index is 2.32. The van der Waals surface area contributed by atoms with Crippen molar-refractivity contribution in [2.75, 3.05) is 13.1 Å². The molecular formula is C14H16FN3O2S. The number of benzene rings is 1. The largest absolute Gasteiger partial charge is 0.329 e. The van der Waals surface area contributed by atoms with E-state index in [9.17, 15) is 12.8 Å². The van der Waals surface area contributed by atoms with Crippen LogP contribution in [-0.4, -0.2) is 30.8 Å². The molecule has 0 radical (unpaired) electrons. The minimum Gasteiger partial charge on any atom is -0.329 e. The molecule has 0 fully saturated rings. The Bertz CT molecular complexity index is 692. The summed E-state index contributed by atoms with van der Waals surface area (Å²) >= 11 is 0. The van der Waals surface area contributed by atoms with Crippen LogP contribution in [0.4, 0.5) is 4.39 Å². The molecule has 5 nitrogen and oxygen atoms in total. The molecule has 0 saturated carbocycles. The van der Waals surface area contributed by atoms with Crippen LogP contribution in [0.5, 0.6) is 0 Å². The summed E-state index contributed by atoms with van der Waals surface area (Å²) in [6.45, 7) is 0.499. The smallest absolute Gasteiger partial charge is 0.245 e. The van der Waals surface area contributed by atoms with E-state index >= 15 is 0 Å². The zero-order valence-corrected chi connectivity index (χ0v) is 12.1. The van der Waals surface area contributed by atoms with Crippen LogP contribution in [0, 0.1) is 5.82 Å². The number of hydrogen-bond donors (Lipinski definition) is 1. The minimum atomic E-state index is -3.83. The number of pyridine rings is 1. The van der Waals surface area contributed by atoms with Gasteiger partial charge in [0.2, 0.25) is 10.0 Å². The van der Waals surface area contributed by atoms with Crippen LogP contribution in [0.3, 0.4) is 0 Å². The predicted molar refractivity (Wildman–Crippen MR) is 77.3 cm³/mol. The topological polar surface area (TPSA) is 76.3 Å². The maximum atomic E-state index is 13.2. The van der Waals surface area contributed by atoms with E-state index in [1.54, 1.807) is 0 Å². The van der Waals surface area contributed by atoms with Gasteiger partial charge in [-0.05, 0) is 11.6 Å². The fourth-order valence-corrected chi connectivity index (χ4v) is 3.32. The molecule has 0 saturated heterocycles. The molecule has 0 amide bonds. The van der Waals surface area contributed by atoms with E-state index in [4.69, 9.17) is 5.73 Å². The summed E-state index contributed by atoms with van der Waals surface area (Å²) < 4.78 is 39.5. The second-order valence-electron chi connectivity index (χ2n) is 4.45. The van der Waals surface area contributed by atoms with E-state index in [0.717, 1.165) is 24.0 Å². The predicted octanol–water partition coefficient (Wildman–Crippen LogP) is 1.37. The normalized spacial score (nSPS) is 11.8. The van der Waals surface area contributed by atoms with E-state index in [2.05, 4.69) is 4.98 Å². The first kappa shape index (κ1) is 15.6. The lowest BCUT2D eigenvalue weighted by Gasteiger charge is -2.21. The van der Waals surface area contributed by atoms with Gasteiger partial charge in [-0.15, -0.1) is 0 Å². The van der Waals surface area contributed by atoms with E-state index in [1.165, 1.54) is 4.31 Å². The van der Waals surface area contributed by atoms with Gasteiger partial charge < -0.3 is 5.73 Å². The van der Waals surface area contributed by atoms with Crippen LogP contribution >= 0.6 is 0 Å². The maximum Gasteiger partial charge on any atom is 0.245 e. The Morgan fingerprint density at radius 1 is 1.19 bits per heavy atom. The molecule has 21 heavy (non-hydrogen) atoms. The van der Waals surface area contributed by atoms with Crippen LogP contribution in [0.25, 0.3) is 0 Å². The van der Waals surface area contributed by atoms with Gasteiger partial charge in [-0.3, -0.25) is 4.98 Å². The molecule has 112 valence electrons. The summed E-state index contributed by atoms with van der Waals surface area (Å²) in [5.74, 6) is -0.691. The number of sulfonamides is 1. The quantitative estimate of drug-likeness (QED) is 0.874. The second kappa shape index (κ2) is 6.75. The number of halogens is 1. The first-order chi connectivity index (χ1) is 10.0. The Kier molecular flexibility index (Phi) is 5.00. The molecule has 2 N–H and O–H groups in total. The first-order valence-electron chi connectivity index (χ1n) is 6.39. The fourth-order valence-electron chi connectivity index (χ4n) is 1.90. The molecule has 0 aliphatic carbocycles. The number of hydrogen-bond acceptors (Lipinski definition) is 4. The molecule has 1 heterocycles. The highest BCUT2D eigenvalue weighted by Gasteiger charge is 2.24. The van der Waals surface area contributed by atoms with Gasteiger partial charge in [0, 0.05) is 25.8 Å². The Morgan fingerprint density at radius 3 is 2.52 bits per heavy atom. The molecule has 0 bridgehead atoms. The zero-order chi connectivity index (χ0) is 15.3. The van der Waals surface area contributed by atoms with E-state index < -0.39 is 15.8 Å². The lowest BCUT2D eigenvalue weighted by molar-refractivity contribution is 0.413. The third-order valence-electron chi connectivity index (χ3n) is 2.90. The Morgan fingerprint density at radius 2 is 1.90 bits per heavy atom. The maximum absolute atomic E-state index is 13.2. The van der Waals surface area contributed by atoms with Crippen molar-refractivity contribution in [3.63, 3.8) is 0 Å². The molecule has 7 heteroatoms. The third-order valence-corrected chi connectivity index (χ3v) is 4.71. The molecule has 1 aromatic carbocycles. The van der Waals surface area contributed by atoms with Gasteiger partial charge in [0.1, 0.15) is 10.7 Å². The highest BCUT2D eigenvalue weighted by molar-refractivity contribution is 7.89. The van der Waals surface area contributed by atoms with Gasteiger partial charge in [0.25, 0.3) is 0 Å². The molecule has 0 atom stereocenters. The lowest BCUT2D eigenvalue weighted by atomic mass is 10.2. The van der Waals surface area contributed by atoms with Crippen LogP contribution in [0.2, 0.25) is 0 Å². The average Bonchev–Trinajstić information content (AvgIpc) is 2.48. The van der Waals surface area contributed by atoms with Crippen molar-refractivity contribution in [3.8, 4) is 0 Å². The molecule has 1 aromatic heterocycles. The van der Waals surface area contributed by atoms with Crippen molar-refractivity contribution in [2.24, 2.45) is 5.73 Å². The van der Waals surface area contributed by atoms with Crippen molar-refractivity contribution in [2.45, 2.75) is 11.4 Å². The zero-order valence-electron chi connectivity index (χ0n) is 11.3. The first-order valence-corrected chi connectivity index (χ1v) is 7.83. The number of nitrogens with two attached hydrogens (primary N) is 1. The summed E-state index contributed by atoms with van der Waals surface area (Å²) in [5, 5.41) is 0. The number of aromatic nitrogens is 1. The van der Waals surface area contributed by atoms with Crippen LogP contribution in [0.1, 0.15) is 5.56 Å². The van der Waals surface area contributed by atoms with E-state index in [1.807, 2.05) is 30.3 Å². The van der Waals surface area contributed by atoms with Gasteiger partial charge >= 0.3 is 0 Å². The highest BCUT2D eigenvalue weighted by Crippen LogP contribution is 2.18. The van der Waals surface area contributed by atoms with Crippen LogP contribution in [-0.2, 0) is 16.6 Å². The monoisotopic (exact) mass is 309 g/mol. The molecule has 0 unspecified atom stereocenters. The minimum absolute atomic E-state index is 0.147. The van der Waals surface area contributed by atoms with Gasteiger partial charge in [-0.2, -0.15) is 4.31 Å².